The lowest BCUT2D eigenvalue weighted by molar-refractivity contribution is 0.229. The zero-order chi connectivity index (χ0) is 15.1. The molecule has 1 aromatic rings. The highest BCUT2D eigenvalue weighted by molar-refractivity contribution is 5.37. The zero-order valence-electron chi connectivity index (χ0n) is 13.9. The first-order chi connectivity index (χ1) is 10.2. The summed E-state index contributed by atoms with van der Waals surface area (Å²) in [5.74, 6) is 2.50. The van der Waals surface area contributed by atoms with Crippen molar-refractivity contribution in [2.45, 2.75) is 64.9 Å². The Morgan fingerprint density at radius 2 is 1.95 bits per heavy atom. The molecular weight excluding hydrogens is 258 g/mol. The molecule has 0 aromatic heterocycles. The van der Waals surface area contributed by atoms with Crippen LogP contribution in [-0.4, -0.2) is 19.2 Å². The smallest absolute Gasteiger partial charge is 0.123 e. The fourth-order valence-corrected chi connectivity index (χ4v) is 3.47. The van der Waals surface area contributed by atoms with Gasteiger partial charge in [0.1, 0.15) is 5.75 Å². The van der Waals surface area contributed by atoms with Gasteiger partial charge >= 0.3 is 0 Å². The number of hydrogen-bond acceptors (Lipinski definition) is 2. The monoisotopic (exact) mass is 289 g/mol. The second kappa shape index (κ2) is 8.43. The summed E-state index contributed by atoms with van der Waals surface area (Å²) in [4.78, 5) is 0. The molecule has 1 aromatic carbocycles. The number of benzene rings is 1. The van der Waals surface area contributed by atoms with E-state index < -0.39 is 0 Å². The van der Waals surface area contributed by atoms with Crippen LogP contribution in [-0.2, 0) is 0 Å². The number of hydrogen-bond donors (Lipinski definition) is 1. The minimum absolute atomic E-state index is 0.242. The van der Waals surface area contributed by atoms with Crippen molar-refractivity contribution in [3.8, 4) is 5.75 Å². The Hall–Kier alpha value is -1.02. The number of nitrogens with one attached hydrogen (secondary N) is 1. The second-order valence-corrected chi connectivity index (χ2v) is 6.56. The predicted octanol–water partition coefficient (Wildman–Crippen LogP) is 4.75. The van der Waals surface area contributed by atoms with Gasteiger partial charge in [-0.1, -0.05) is 38.0 Å². The van der Waals surface area contributed by atoms with Gasteiger partial charge in [-0.15, -0.1) is 0 Å². The van der Waals surface area contributed by atoms with Gasteiger partial charge in [-0.3, -0.25) is 0 Å². The molecule has 0 aliphatic heterocycles. The first kappa shape index (κ1) is 16.4. The lowest BCUT2D eigenvalue weighted by Gasteiger charge is -2.33. The second-order valence-electron chi connectivity index (χ2n) is 6.56. The topological polar surface area (TPSA) is 21.3 Å². The number of ether oxygens (including phenoxy) is 1. The first-order valence-electron chi connectivity index (χ1n) is 8.68. The van der Waals surface area contributed by atoms with Crippen LogP contribution in [0.15, 0.2) is 24.3 Å². The van der Waals surface area contributed by atoms with Crippen molar-refractivity contribution in [2.24, 2.45) is 5.92 Å². The summed E-state index contributed by atoms with van der Waals surface area (Å²) in [6.07, 6.45) is 6.83. The lowest BCUT2D eigenvalue weighted by Crippen LogP contribution is -2.30. The van der Waals surface area contributed by atoms with Crippen molar-refractivity contribution in [3.05, 3.63) is 29.8 Å². The summed E-state index contributed by atoms with van der Waals surface area (Å²) in [6, 6.07) is 8.67. The highest BCUT2D eigenvalue weighted by Gasteiger charge is 2.28. The molecule has 0 saturated heterocycles. The molecule has 0 bridgehead atoms. The Morgan fingerprint density at radius 1 is 1.19 bits per heavy atom. The van der Waals surface area contributed by atoms with Crippen LogP contribution < -0.4 is 10.1 Å². The van der Waals surface area contributed by atoms with E-state index in [-0.39, 0.29) is 6.10 Å². The van der Waals surface area contributed by atoms with E-state index in [0.717, 1.165) is 24.8 Å². The van der Waals surface area contributed by atoms with Crippen LogP contribution in [0.25, 0.3) is 0 Å². The predicted molar refractivity (Wildman–Crippen MR) is 90.1 cm³/mol. The van der Waals surface area contributed by atoms with E-state index in [1.54, 1.807) is 0 Å². The maximum Gasteiger partial charge on any atom is 0.123 e. The average Bonchev–Trinajstić information content (AvgIpc) is 2.48. The normalized spacial score (nSPS) is 22.5. The van der Waals surface area contributed by atoms with Gasteiger partial charge in [0.15, 0.2) is 0 Å². The van der Waals surface area contributed by atoms with Gasteiger partial charge in [0, 0.05) is 0 Å². The molecule has 1 N–H and O–H groups in total. The van der Waals surface area contributed by atoms with Crippen molar-refractivity contribution in [2.75, 3.05) is 13.1 Å². The van der Waals surface area contributed by atoms with E-state index in [4.69, 9.17) is 4.74 Å². The van der Waals surface area contributed by atoms with Crippen LogP contribution in [0.5, 0.6) is 5.75 Å². The summed E-state index contributed by atoms with van der Waals surface area (Å²) < 4.78 is 6.05. The molecule has 2 unspecified atom stereocenters. The summed E-state index contributed by atoms with van der Waals surface area (Å²) >= 11 is 0. The molecule has 118 valence electrons. The van der Waals surface area contributed by atoms with Gasteiger partial charge < -0.3 is 10.1 Å². The Bertz CT molecular complexity index is 416. The third-order valence-electron chi connectivity index (χ3n) is 4.42. The zero-order valence-corrected chi connectivity index (χ0v) is 13.9. The molecule has 0 radical (unpaired) electrons. The van der Waals surface area contributed by atoms with Gasteiger partial charge in [-0.2, -0.15) is 0 Å². The SMILES string of the molecule is CCCNCC1CCCCC1c1ccccc1OC(C)C. The molecule has 0 heterocycles. The van der Waals surface area contributed by atoms with Gasteiger partial charge in [-0.25, -0.2) is 0 Å². The Morgan fingerprint density at radius 3 is 2.71 bits per heavy atom. The van der Waals surface area contributed by atoms with Crippen molar-refractivity contribution in [1.82, 2.24) is 5.32 Å². The summed E-state index contributed by atoms with van der Waals surface area (Å²) in [7, 11) is 0. The summed E-state index contributed by atoms with van der Waals surface area (Å²) in [5, 5.41) is 3.62. The molecule has 21 heavy (non-hydrogen) atoms. The van der Waals surface area contributed by atoms with E-state index in [2.05, 4.69) is 50.4 Å². The van der Waals surface area contributed by atoms with E-state index in [1.165, 1.54) is 37.7 Å². The van der Waals surface area contributed by atoms with Crippen LogP contribution in [0.3, 0.4) is 0 Å². The van der Waals surface area contributed by atoms with Crippen LogP contribution in [0.2, 0.25) is 0 Å². The van der Waals surface area contributed by atoms with Crippen molar-refractivity contribution < 1.29 is 4.74 Å². The van der Waals surface area contributed by atoms with Crippen molar-refractivity contribution in [3.63, 3.8) is 0 Å². The Kier molecular flexibility index (Phi) is 6.56. The van der Waals surface area contributed by atoms with Crippen LogP contribution in [0.4, 0.5) is 0 Å². The van der Waals surface area contributed by atoms with Crippen molar-refractivity contribution in [1.29, 1.82) is 0 Å². The molecule has 1 fully saturated rings. The van der Waals surface area contributed by atoms with Gasteiger partial charge in [-0.05, 0) is 69.7 Å². The molecule has 1 saturated carbocycles. The van der Waals surface area contributed by atoms with Gasteiger partial charge in [0.25, 0.3) is 0 Å². The van der Waals surface area contributed by atoms with E-state index in [9.17, 15) is 0 Å². The van der Waals surface area contributed by atoms with Gasteiger partial charge in [0.05, 0.1) is 6.10 Å². The number of rotatable bonds is 7. The molecule has 2 rings (SSSR count). The van der Waals surface area contributed by atoms with Crippen LogP contribution in [0.1, 0.15) is 64.4 Å². The third kappa shape index (κ3) is 4.74. The molecule has 2 heteroatoms. The minimum Gasteiger partial charge on any atom is -0.491 e. The van der Waals surface area contributed by atoms with E-state index in [1.807, 2.05) is 0 Å². The highest BCUT2D eigenvalue weighted by Crippen LogP contribution is 2.41. The largest absolute Gasteiger partial charge is 0.491 e. The lowest BCUT2D eigenvalue weighted by atomic mass is 9.75. The molecule has 2 atom stereocenters. The molecular formula is C19H31NO. The van der Waals surface area contributed by atoms with Crippen LogP contribution in [0, 0.1) is 5.92 Å². The Labute approximate surface area is 130 Å². The first-order valence-corrected chi connectivity index (χ1v) is 8.68. The van der Waals surface area contributed by atoms with E-state index in [0.29, 0.717) is 5.92 Å². The molecule has 1 aliphatic rings. The standard InChI is InChI=1S/C19H31NO/c1-4-13-20-14-16-9-5-6-10-17(16)18-11-7-8-12-19(18)21-15(2)3/h7-8,11-12,15-17,20H,4-6,9-10,13-14H2,1-3H3. The van der Waals surface area contributed by atoms with E-state index >= 15 is 0 Å². The summed E-state index contributed by atoms with van der Waals surface area (Å²) in [6.45, 7) is 8.73. The Balaban J connectivity index is 2.12. The van der Waals surface area contributed by atoms with Gasteiger partial charge in [0.2, 0.25) is 0 Å². The quantitative estimate of drug-likeness (QED) is 0.732. The molecule has 0 amide bonds. The third-order valence-corrected chi connectivity index (χ3v) is 4.42. The molecule has 1 aliphatic carbocycles. The fraction of sp³-hybridized carbons (Fsp3) is 0.684. The summed E-state index contributed by atoms with van der Waals surface area (Å²) in [5.41, 5.74) is 1.43. The average molecular weight is 289 g/mol. The molecule has 0 spiro atoms. The minimum atomic E-state index is 0.242. The fourth-order valence-electron chi connectivity index (χ4n) is 3.47. The molecule has 2 nitrogen and oxygen atoms in total. The highest BCUT2D eigenvalue weighted by atomic mass is 16.5. The van der Waals surface area contributed by atoms with Crippen molar-refractivity contribution >= 4 is 0 Å². The maximum atomic E-state index is 6.05. The maximum absolute atomic E-state index is 6.05. The number of para-hydroxylation sites is 1. The van der Waals surface area contributed by atoms with Crippen LogP contribution >= 0.6 is 0 Å².